The lowest BCUT2D eigenvalue weighted by atomic mass is 10.1. The van der Waals surface area contributed by atoms with Crippen LogP contribution in [0.1, 0.15) is 29.8 Å². The summed E-state index contributed by atoms with van der Waals surface area (Å²) in [6.45, 7) is 3.95. The van der Waals surface area contributed by atoms with Crippen LogP contribution in [0.25, 0.3) is 0 Å². The number of aromatic nitrogens is 2. The van der Waals surface area contributed by atoms with Crippen LogP contribution in [-0.4, -0.2) is 27.1 Å². The van der Waals surface area contributed by atoms with Crippen molar-refractivity contribution in [3.05, 3.63) is 51.7 Å². The smallest absolute Gasteiger partial charge is 0.345 e. The van der Waals surface area contributed by atoms with Crippen LogP contribution in [0.4, 0.5) is 5.82 Å². The first-order valence-corrected chi connectivity index (χ1v) is 6.45. The number of hydrogen-bond acceptors (Lipinski definition) is 5. The lowest BCUT2D eigenvalue weighted by Crippen LogP contribution is -2.08. The zero-order valence-corrected chi connectivity index (χ0v) is 11.8. The quantitative estimate of drug-likeness (QED) is 0.463. The number of hydrogen-bond donors (Lipinski definition) is 0. The highest BCUT2D eigenvalue weighted by atomic mass is 16.6. The molecule has 1 aromatic carbocycles. The van der Waals surface area contributed by atoms with Gasteiger partial charge in [0.05, 0.1) is 18.9 Å². The first-order chi connectivity index (χ1) is 10.0. The van der Waals surface area contributed by atoms with Crippen molar-refractivity contribution < 1.29 is 14.5 Å². The van der Waals surface area contributed by atoms with Gasteiger partial charge < -0.3 is 14.9 Å². The fraction of sp³-hybridized carbons (Fsp3) is 0.286. The van der Waals surface area contributed by atoms with Gasteiger partial charge in [0.25, 0.3) is 0 Å². The van der Waals surface area contributed by atoms with Gasteiger partial charge in [-0.15, -0.1) is 4.68 Å². The van der Waals surface area contributed by atoms with E-state index in [4.69, 9.17) is 4.74 Å². The van der Waals surface area contributed by atoms with Gasteiger partial charge in [-0.2, -0.15) is 0 Å². The van der Waals surface area contributed by atoms with Gasteiger partial charge in [-0.1, -0.05) is 5.10 Å². The van der Waals surface area contributed by atoms with Crippen molar-refractivity contribution in [1.29, 1.82) is 0 Å². The van der Waals surface area contributed by atoms with Crippen molar-refractivity contribution in [2.45, 2.75) is 20.4 Å². The maximum Gasteiger partial charge on any atom is 0.345 e. The summed E-state index contributed by atoms with van der Waals surface area (Å²) in [5.74, 6) is 0.409. The minimum Gasteiger partial charge on any atom is -0.493 e. The van der Waals surface area contributed by atoms with Crippen molar-refractivity contribution in [1.82, 2.24) is 9.78 Å². The van der Waals surface area contributed by atoms with Gasteiger partial charge >= 0.3 is 5.82 Å². The molecule has 0 saturated heterocycles. The summed E-state index contributed by atoms with van der Waals surface area (Å²) in [7, 11) is 0. The Hall–Kier alpha value is -2.70. The van der Waals surface area contributed by atoms with Crippen LogP contribution in [0.2, 0.25) is 0 Å². The number of ketones is 1. The highest BCUT2D eigenvalue weighted by Crippen LogP contribution is 2.23. The normalized spacial score (nSPS) is 10.4. The van der Waals surface area contributed by atoms with Gasteiger partial charge in [0, 0.05) is 11.1 Å². The van der Waals surface area contributed by atoms with E-state index in [1.807, 2.05) is 6.92 Å². The molecule has 0 aliphatic rings. The van der Waals surface area contributed by atoms with Crippen LogP contribution in [0.5, 0.6) is 5.75 Å². The molecule has 0 aliphatic carbocycles. The van der Waals surface area contributed by atoms with Gasteiger partial charge in [-0.25, -0.2) is 0 Å². The van der Waals surface area contributed by atoms with Gasteiger partial charge in [0.1, 0.15) is 12.3 Å². The van der Waals surface area contributed by atoms with Gasteiger partial charge in [-0.3, -0.25) is 4.79 Å². The first-order valence-electron chi connectivity index (χ1n) is 6.45. The molecule has 110 valence electrons. The second-order valence-corrected chi connectivity index (χ2v) is 4.42. The van der Waals surface area contributed by atoms with E-state index in [0.29, 0.717) is 23.5 Å². The molecule has 2 rings (SSSR count). The molecule has 0 radical (unpaired) electrons. The van der Waals surface area contributed by atoms with Crippen LogP contribution in [0.15, 0.2) is 30.5 Å². The summed E-state index contributed by atoms with van der Waals surface area (Å²) < 4.78 is 6.76. The molecular formula is C14H15N3O4. The van der Waals surface area contributed by atoms with E-state index in [2.05, 4.69) is 5.10 Å². The van der Waals surface area contributed by atoms with E-state index in [1.54, 1.807) is 18.2 Å². The van der Waals surface area contributed by atoms with E-state index in [-0.39, 0.29) is 18.1 Å². The number of Topliss-reactive ketones (excluding diaryl/α,β-unsaturated/α-hetero) is 1. The zero-order valence-electron chi connectivity index (χ0n) is 11.8. The lowest BCUT2D eigenvalue weighted by molar-refractivity contribution is -0.392. The summed E-state index contributed by atoms with van der Waals surface area (Å²) in [4.78, 5) is 21.9. The third-order valence-corrected chi connectivity index (χ3v) is 2.97. The molecule has 0 spiro atoms. The fourth-order valence-corrected chi connectivity index (χ4v) is 1.98. The molecule has 0 unspecified atom stereocenters. The Morgan fingerprint density at radius 1 is 1.43 bits per heavy atom. The third kappa shape index (κ3) is 3.25. The van der Waals surface area contributed by atoms with E-state index < -0.39 is 4.92 Å². The summed E-state index contributed by atoms with van der Waals surface area (Å²) >= 11 is 0. The maximum absolute atomic E-state index is 11.5. The number of carbonyl (C=O) groups excluding carboxylic acids is 1. The molecule has 7 heteroatoms. The summed E-state index contributed by atoms with van der Waals surface area (Å²) in [6, 6.07) is 6.38. The Labute approximate surface area is 121 Å². The number of rotatable bonds is 6. The molecular weight excluding hydrogens is 274 g/mol. The minimum absolute atomic E-state index is 0.0748. The topological polar surface area (TPSA) is 87.3 Å². The van der Waals surface area contributed by atoms with E-state index in [9.17, 15) is 14.9 Å². The predicted molar refractivity (Wildman–Crippen MR) is 75.6 cm³/mol. The van der Waals surface area contributed by atoms with E-state index >= 15 is 0 Å². The number of benzene rings is 1. The number of nitrogens with zero attached hydrogens (tertiary/aromatic N) is 3. The van der Waals surface area contributed by atoms with Crippen LogP contribution in [-0.2, 0) is 6.54 Å². The van der Waals surface area contributed by atoms with Crippen LogP contribution >= 0.6 is 0 Å². The number of carbonyl (C=O) groups is 1. The van der Waals surface area contributed by atoms with Crippen LogP contribution < -0.4 is 4.74 Å². The fourth-order valence-electron chi connectivity index (χ4n) is 1.98. The molecule has 0 fully saturated rings. The van der Waals surface area contributed by atoms with Crippen LogP contribution in [0.3, 0.4) is 0 Å². The van der Waals surface area contributed by atoms with Crippen molar-refractivity contribution in [2.24, 2.45) is 0 Å². The molecule has 1 aromatic heterocycles. The van der Waals surface area contributed by atoms with Crippen molar-refractivity contribution in [2.75, 3.05) is 6.61 Å². The summed E-state index contributed by atoms with van der Waals surface area (Å²) in [6.07, 6.45) is 1.37. The molecule has 0 N–H and O–H groups in total. The largest absolute Gasteiger partial charge is 0.493 e. The lowest BCUT2D eigenvalue weighted by Gasteiger charge is -2.10. The number of ether oxygens (including phenoxy) is 1. The van der Waals surface area contributed by atoms with E-state index in [0.717, 1.165) is 0 Å². The molecule has 1 heterocycles. The van der Waals surface area contributed by atoms with Crippen molar-refractivity contribution in [3.63, 3.8) is 0 Å². The van der Waals surface area contributed by atoms with Gasteiger partial charge in [-0.05, 0) is 37.0 Å². The highest BCUT2D eigenvalue weighted by molar-refractivity contribution is 5.94. The number of nitro groups is 1. The van der Waals surface area contributed by atoms with Gasteiger partial charge in [0.15, 0.2) is 5.78 Å². The predicted octanol–water partition coefficient (Wildman–Crippen LogP) is 2.44. The standard InChI is InChI=1S/C14H15N3O4/c1-3-21-13-5-4-11(10(2)18)8-12(13)9-16-14(17(19)20)6-7-15-16/h4-8H,3,9H2,1-2H3. The SMILES string of the molecule is CCOc1ccc(C(C)=O)cc1Cn1nccc1[N+](=O)[O-]. The first kappa shape index (κ1) is 14.7. The molecule has 7 nitrogen and oxygen atoms in total. The van der Waals surface area contributed by atoms with E-state index in [1.165, 1.54) is 23.9 Å². The molecule has 0 atom stereocenters. The Morgan fingerprint density at radius 2 is 2.19 bits per heavy atom. The molecule has 0 aliphatic heterocycles. The third-order valence-electron chi connectivity index (χ3n) is 2.97. The van der Waals surface area contributed by atoms with Crippen molar-refractivity contribution >= 4 is 11.6 Å². The second kappa shape index (κ2) is 6.17. The zero-order chi connectivity index (χ0) is 15.4. The second-order valence-electron chi connectivity index (χ2n) is 4.42. The summed E-state index contributed by atoms with van der Waals surface area (Å²) in [5.41, 5.74) is 1.21. The van der Waals surface area contributed by atoms with Crippen molar-refractivity contribution in [3.8, 4) is 5.75 Å². The molecule has 0 bridgehead atoms. The average Bonchev–Trinajstić information content (AvgIpc) is 2.89. The monoisotopic (exact) mass is 289 g/mol. The molecule has 2 aromatic rings. The molecule has 21 heavy (non-hydrogen) atoms. The van der Waals surface area contributed by atoms with Gasteiger partial charge in [0.2, 0.25) is 0 Å². The Balaban J connectivity index is 2.40. The highest BCUT2D eigenvalue weighted by Gasteiger charge is 2.17. The van der Waals surface area contributed by atoms with Crippen LogP contribution in [0, 0.1) is 10.1 Å². The minimum atomic E-state index is -0.498. The maximum atomic E-state index is 11.5. The molecule has 0 amide bonds. The Kier molecular flexibility index (Phi) is 4.32. The average molecular weight is 289 g/mol. The molecule has 0 saturated carbocycles. The Morgan fingerprint density at radius 3 is 2.81 bits per heavy atom. The Bertz CT molecular complexity index is 679. The summed E-state index contributed by atoms with van der Waals surface area (Å²) in [5, 5.41) is 14.9.